The average Bonchev–Trinajstić information content (AvgIpc) is 3.47. The van der Waals surface area contributed by atoms with E-state index >= 15 is 0 Å². The van der Waals surface area contributed by atoms with E-state index in [0.29, 0.717) is 19.3 Å². The van der Waals surface area contributed by atoms with Gasteiger partial charge in [-0.1, -0.05) is 378 Å². The Morgan fingerprint density at radius 2 is 0.476 bits per heavy atom. The second kappa shape index (κ2) is 71.1. The summed E-state index contributed by atoms with van der Waals surface area (Å²) >= 11 is 0. The molecule has 0 spiro atoms. The molecule has 0 heterocycles. The number of hydrogen-bond donors (Lipinski definition) is 0. The first kappa shape index (κ1) is 79.6. The number of hydrogen-bond acceptors (Lipinski definition) is 6. The zero-order valence-electron chi connectivity index (χ0n) is 55.5. The zero-order chi connectivity index (χ0) is 59.2. The van der Waals surface area contributed by atoms with Gasteiger partial charge in [0.05, 0.1) is 0 Å². The number of carbonyl (C=O) groups is 3. The molecule has 0 aliphatic rings. The van der Waals surface area contributed by atoms with Gasteiger partial charge in [0.25, 0.3) is 0 Å². The summed E-state index contributed by atoms with van der Waals surface area (Å²) < 4.78 is 17.0. The van der Waals surface area contributed by atoms with E-state index in [-0.39, 0.29) is 31.1 Å². The molecule has 0 saturated carbocycles. The van der Waals surface area contributed by atoms with Gasteiger partial charge in [0, 0.05) is 19.3 Å². The minimum atomic E-state index is -0.775. The molecule has 0 aliphatic carbocycles. The van der Waals surface area contributed by atoms with Gasteiger partial charge in [-0.25, -0.2) is 0 Å². The van der Waals surface area contributed by atoms with Crippen molar-refractivity contribution in [3.8, 4) is 0 Å². The van der Waals surface area contributed by atoms with E-state index in [4.69, 9.17) is 14.2 Å². The van der Waals surface area contributed by atoms with Crippen molar-refractivity contribution < 1.29 is 28.6 Å². The van der Waals surface area contributed by atoms with Gasteiger partial charge in [0.15, 0.2) is 6.10 Å². The van der Waals surface area contributed by atoms with Crippen LogP contribution in [0.4, 0.5) is 0 Å². The molecule has 0 fully saturated rings. The minimum absolute atomic E-state index is 0.0708. The average molecular weight is 1150 g/mol. The van der Waals surface area contributed by atoms with Crippen molar-refractivity contribution in [1.82, 2.24) is 0 Å². The summed E-state index contributed by atoms with van der Waals surface area (Å²) in [5, 5.41) is 0. The number of esters is 3. The topological polar surface area (TPSA) is 78.9 Å². The molecular weight excluding hydrogens is 1010 g/mol. The lowest BCUT2D eigenvalue weighted by Crippen LogP contribution is -2.30. The second-order valence-corrected chi connectivity index (χ2v) is 25.2. The maximum absolute atomic E-state index is 12.9. The third-order valence-corrected chi connectivity index (χ3v) is 16.9. The monoisotopic (exact) mass is 1150 g/mol. The van der Waals surface area contributed by atoms with Gasteiger partial charge in [0.1, 0.15) is 13.2 Å². The maximum atomic E-state index is 12.9. The molecule has 6 nitrogen and oxygen atoms in total. The van der Waals surface area contributed by atoms with Gasteiger partial charge in [0.2, 0.25) is 0 Å². The zero-order valence-corrected chi connectivity index (χ0v) is 55.5. The Hall–Kier alpha value is -2.37. The van der Waals surface area contributed by atoms with Crippen LogP contribution >= 0.6 is 0 Å². The first-order valence-corrected chi connectivity index (χ1v) is 37.0. The Bertz CT molecular complexity index is 1370. The molecule has 0 aromatic carbocycles. The third kappa shape index (κ3) is 68.4. The first-order valence-electron chi connectivity index (χ1n) is 37.0. The fraction of sp³-hybridized carbons (Fsp3) is 0.882. The molecule has 0 rings (SSSR count). The summed E-state index contributed by atoms with van der Waals surface area (Å²) in [6.07, 6.45) is 89.3. The van der Waals surface area contributed by atoms with Crippen LogP contribution in [-0.2, 0) is 28.6 Å². The van der Waals surface area contributed by atoms with E-state index in [2.05, 4.69) is 57.2 Å². The number of rotatable bonds is 69. The molecule has 0 N–H and O–H groups in total. The van der Waals surface area contributed by atoms with Crippen LogP contribution in [0.1, 0.15) is 412 Å². The summed E-state index contributed by atoms with van der Waals surface area (Å²) in [6, 6.07) is 0. The number of unbranched alkanes of at least 4 members (excludes halogenated alkanes) is 52. The molecule has 0 radical (unpaired) electrons. The van der Waals surface area contributed by atoms with Gasteiger partial charge >= 0.3 is 17.9 Å². The Kier molecular flexibility index (Phi) is 69.1. The third-order valence-electron chi connectivity index (χ3n) is 16.9. The van der Waals surface area contributed by atoms with Gasteiger partial charge in [-0.15, -0.1) is 0 Å². The lowest BCUT2D eigenvalue weighted by Gasteiger charge is -2.18. The lowest BCUT2D eigenvalue weighted by atomic mass is 10.0. The van der Waals surface area contributed by atoms with E-state index in [1.54, 1.807) is 0 Å². The van der Waals surface area contributed by atoms with Crippen LogP contribution < -0.4 is 0 Å². The lowest BCUT2D eigenvalue weighted by molar-refractivity contribution is -0.167. The minimum Gasteiger partial charge on any atom is -0.462 e. The summed E-state index contributed by atoms with van der Waals surface area (Å²) in [5.74, 6) is -0.853. The molecule has 0 amide bonds. The van der Waals surface area contributed by atoms with Crippen LogP contribution in [0.5, 0.6) is 0 Å². The molecule has 1 atom stereocenters. The highest BCUT2D eigenvalue weighted by Gasteiger charge is 2.20. The standard InChI is InChI=1S/C76H142O6/c1-4-7-10-13-16-19-22-25-27-29-30-31-32-33-34-35-36-37-38-39-40-41-42-43-44-45-46-48-49-51-54-57-60-63-66-69-75(78)81-72-73(71-80-74(77)68-65-62-59-56-53-24-21-18-15-12-9-6-3)82-76(79)70-67-64-61-58-55-52-50-47-28-26-23-20-17-14-11-8-5-2/h8,11,17,20,26,28,73H,4-7,9-10,12-16,18-19,21-25,27,29-72H2,1-3H3/b11-8-,20-17-,28-26-. The van der Waals surface area contributed by atoms with Crippen LogP contribution in [0, 0.1) is 0 Å². The van der Waals surface area contributed by atoms with Crippen molar-refractivity contribution in [3.63, 3.8) is 0 Å². The Balaban J connectivity index is 4.04. The van der Waals surface area contributed by atoms with Crippen LogP contribution in [-0.4, -0.2) is 37.2 Å². The SMILES string of the molecule is CC/C=C\C/C=C\C/C=C\CCCCCCCCCC(=O)OC(COC(=O)CCCCCCCCCCCCCC)COC(=O)CCCCCCCCCCCCCCCCCCCCCCCCCCCCCCCCCCCCC. The molecule has 0 aromatic heterocycles. The maximum Gasteiger partial charge on any atom is 0.306 e. The molecule has 6 heteroatoms. The van der Waals surface area contributed by atoms with Gasteiger partial charge in [-0.3, -0.25) is 14.4 Å². The quantitative estimate of drug-likeness (QED) is 0.0261. The van der Waals surface area contributed by atoms with E-state index in [9.17, 15) is 14.4 Å². The molecular formula is C76H142O6. The molecule has 0 aliphatic heterocycles. The van der Waals surface area contributed by atoms with E-state index in [1.165, 1.54) is 289 Å². The van der Waals surface area contributed by atoms with Crippen molar-refractivity contribution in [2.75, 3.05) is 13.2 Å². The fourth-order valence-electron chi connectivity index (χ4n) is 11.4. The summed E-state index contributed by atoms with van der Waals surface area (Å²) in [7, 11) is 0. The number of allylic oxidation sites excluding steroid dienone is 6. The Labute approximate surface area is 512 Å². The van der Waals surface area contributed by atoms with Crippen LogP contribution in [0.15, 0.2) is 36.5 Å². The highest BCUT2D eigenvalue weighted by Crippen LogP contribution is 2.19. The van der Waals surface area contributed by atoms with Crippen LogP contribution in [0.25, 0.3) is 0 Å². The number of ether oxygens (including phenoxy) is 3. The van der Waals surface area contributed by atoms with E-state index in [0.717, 1.165) is 83.5 Å². The molecule has 1 unspecified atom stereocenters. The molecule has 482 valence electrons. The van der Waals surface area contributed by atoms with Crippen LogP contribution in [0.3, 0.4) is 0 Å². The molecule has 0 aromatic rings. The van der Waals surface area contributed by atoms with Crippen molar-refractivity contribution in [2.45, 2.75) is 419 Å². The molecule has 82 heavy (non-hydrogen) atoms. The van der Waals surface area contributed by atoms with Gasteiger partial charge < -0.3 is 14.2 Å². The van der Waals surface area contributed by atoms with E-state index < -0.39 is 6.10 Å². The fourth-order valence-corrected chi connectivity index (χ4v) is 11.4. The molecule has 0 saturated heterocycles. The van der Waals surface area contributed by atoms with Crippen LogP contribution in [0.2, 0.25) is 0 Å². The van der Waals surface area contributed by atoms with Crippen molar-refractivity contribution >= 4 is 17.9 Å². The van der Waals surface area contributed by atoms with Crippen molar-refractivity contribution in [1.29, 1.82) is 0 Å². The van der Waals surface area contributed by atoms with Gasteiger partial charge in [-0.05, 0) is 51.4 Å². The smallest absolute Gasteiger partial charge is 0.306 e. The summed E-state index contributed by atoms with van der Waals surface area (Å²) in [6.45, 7) is 6.59. The molecule has 0 bridgehead atoms. The Morgan fingerprint density at radius 3 is 0.744 bits per heavy atom. The largest absolute Gasteiger partial charge is 0.462 e. The second-order valence-electron chi connectivity index (χ2n) is 25.2. The number of carbonyl (C=O) groups excluding carboxylic acids is 3. The van der Waals surface area contributed by atoms with E-state index in [1.807, 2.05) is 0 Å². The first-order chi connectivity index (χ1) is 40.5. The Morgan fingerprint density at radius 1 is 0.256 bits per heavy atom. The van der Waals surface area contributed by atoms with Crippen molar-refractivity contribution in [2.24, 2.45) is 0 Å². The van der Waals surface area contributed by atoms with Gasteiger partial charge in [-0.2, -0.15) is 0 Å². The summed E-state index contributed by atoms with van der Waals surface area (Å²) in [5.41, 5.74) is 0. The highest BCUT2D eigenvalue weighted by atomic mass is 16.6. The van der Waals surface area contributed by atoms with Crippen molar-refractivity contribution in [3.05, 3.63) is 36.5 Å². The predicted octanol–water partition coefficient (Wildman–Crippen LogP) is 25.5. The highest BCUT2D eigenvalue weighted by molar-refractivity contribution is 5.71. The summed E-state index contributed by atoms with van der Waals surface area (Å²) in [4.78, 5) is 38.4. The normalized spacial score (nSPS) is 12.2. The predicted molar refractivity (Wildman–Crippen MR) is 358 cm³/mol.